The molecular weight excluding hydrogens is 306 g/mol. The van der Waals surface area contributed by atoms with Crippen molar-refractivity contribution in [2.45, 2.75) is 25.8 Å². The van der Waals surface area contributed by atoms with E-state index in [1.165, 1.54) is 5.56 Å². The Morgan fingerprint density at radius 2 is 2.32 bits per heavy atom. The van der Waals surface area contributed by atoms with Gasteiger partial charge in [-0.3, -0.25) is 4.79 Å². The Hall–Kier alpha value is -1.07. The van der Waals surface area contributed by atoms with Gasteiger partial charge < -0.3 is 16.0 Å². The zero-order valence-corrected chi connectivity index (χ0v) is 12.7. The average molecular weight is 326 g/mol. The van der Waals surface area contributed by atoms with Gasteiger partial charge in [0.05, 0.1) is 0 Å². The first kappa shape index (κ1) is 14.3. The minimum Gasteiger partial charge on any atom is -0.359 e. The molecule has 0 saturated carbocycles. The number of anilines is 1. The highest BCUT2D eigenvalue weighted by molar-refractivity contribution is 9.10. The number of hydrogen-bond acceptors (Lipinski definition) is 3. The van der Waals surface area contributed by atoms with Crippen LogP contribution >= 0.6 is 15.9 Å². The first-order valence-electron chi connectivity index (χ1n) is 6.64. The minimum atomic E-state index is -0.165. The third kappa shape index (κ3) is 3.28. The normalized spacial score (nSPS) is 20.1. The van der Waals surface area contributed by atoms with E-state index in [1.54, 1.807) is 0 Å². The zero-order valence-electron chi connectivity index (χ0n) is 11.2. The summed E-state index contributed by atoms with van der Waals surface area (Å²) < 4.78 is 1.07. The van der Waals surface area contributed by atoms with Crippen LogP contribution in [0.1, 0.15) is 18.4 Å². The van der Waals surface area contributed by atoms with Crippen molar-refractivity contribution < 1.29 is 4.79 Å². The second-order valence-corrected chi connectivity index (χ2v) is 5.72. The highest BCUT2D eigenvalue weighted by Gasteiger charge is 2.27. The summed E-state index contributed by atoms with van der Waals surface area (Å²) >= 11 is 3.55. The van der Waals surface area contributed by atoms with Crippen molar-refractivity contribution in [3.63, 3.8) is 0 Å². The fourth-order valence-corrected chi connectivity index (χ4v) is 2.76. The summed E-state index contributed by atoms with van der Waals surface area (Å²) in [5.74, 6) is 0.0830. The van der Waals surface area contributed by atoms with Gasteiger partial charge >= 0.3 is 0 Å². The highest BCUT2D eigenvalue weighted by Crippen LogP contribution is 2.26. The number of amides is 1. The molecule has 0 bridgehead atoms. The van der Waals surface area contributed by atoms with Gasteiger partial charge in [0.1, 0.15) is 6.04 Å². The molecule has 1 aromatic rings. The van der Waals surface area contributed by atoms with Crippen LogP contribution in [0.2, 0.25) is 0 Å². The quantitative estimate of drug-likeness (QED) is 0.891. The molecule has 5 heteroatoms. The number of nitrogens with two attached hydrogens (primary N) is 1. The molecule has 1 heterocycles. The molecule has 1 saturated heterocycles. The molecule has 1 amide bonds. The number of hydrogen-bond donors (Lipinski definition) is 2. The predicted octanol–water partition coefficient (Wildman–Crippen LogP) is 1.80. The van der Waals surface area contributed by atoms with Gasteiger partial charge in [0.15, 0.2) is 0 Å². The molecular formula is C14H20BrN3O. The van der Waals surface area contributed by atoms with Crippen molar-refractivity contribution in [1.29, 1.82) is 0 Å². The molecule has 1 fully saturated rings. The maximum atomic E-state index is 12.1. The SMILES string of the molecule is Cc1ccc(N2CCCNC(=O)C2CCN)cc1Br. The summed E-state index contributed by atoms with van der Waals surface area (Å²) in [5.41, 5.74) is 7.92. The zero-order chi connectivity index (χ0) is 13.8. The lowest BCUT2D eigenvalue weighted by Gasteiger charge is -2.30. The number of carbonyl (C=O) groups excluding carboxylic acids is 1. The van der Waals surface area contributed by atoms with Gasteiger partial charge in [-0.1, -0.05) is 22.0 Å². The Morgan fingerprint density at radius 1 is 1.53 bits per heavy atom. The largest absolute Gasteiger partial charge is 0.359 e. The minimum absolute atomic E-state index is 0.0830. The van der Waals surface area contributed by atoms with E-state index in [0.717, 1.165) is 29.7 Å². The van der Waals surface area contributed by atoms with Gasteiger partial charge in [0.25, 0.3) is 0 Å². The van der Waals surface area contributed by atoms with E-state index in [1.807, 2.05) is 0 Å². The molecule has 1 atom stereocenters. The number of nitrogens with zero attached hydrogens (tertiary/aromatic N) is 1. The Labute approximate surface area is 122 Å². The van der Waals surface area contributed by atoms with Crippen LogP contribution in [-0.2, 0) is 4.79 Å². The average Bonchev–Trinajstić information content (AvgIpc) is 2.57. The summed E-state index contributed by atoms with van der Waals surface area (Å²) in [6.45, 7) is 4.18. The van der Waals surface area contributed by atoms with Gasteiger partial charge in [0.2, 0.25) is 5.91 Å². The first-order chi connectivity index (χ1) is 9.13. The van der Waals surface area contributed by atoms with Crippen LogP contribution in [0.15, 0.2) is 22.7 Å². The Balaban J connectivity index is 2.31. The monoisotopic (exact) mass is 325 g/mol. The smallest absolute Gasteiger partial charge is 0.242 e. The first-order valence-corrected chi connectivity index (χ1v) is 7.43. The van der Waals surface area contributed by atoms with Crippen molar-refractivity contribution in [2.24, 2.45) is 5.73 Å². The summed E-state index contributed by atoms with van der Waals surface area (Å²) in [4.78, 5) is 14.3. The third-order valence-corrected chi connectivity index (χ3v) is 4.34. The summed E-state index contributed by atoms with van der Waals surface area (Å²) in [5, 5.41) is 2.96. The van der Waals surface area contributed by atoms with Gasteiger partial charge in [-0.15, -0.1) is 0 Å². The van der Waals surface area contributed by atoms with Crippen LogP contribution < -0.4 is 16.0 Å². The molecule has 0 spiro atoms. The molecule has 2 rings (SSSR count). The van der Waals surface area contributed by atoms with Crippen LogP contribution in [0, 0.1) is 6.92 Å². The second kappa shape index (κ2) is 6.39. The fraction of sp³-hybridized carbons (Fsp3) is 0.500. The molecule has 3 N–H and O–H groups in total. The highest BCUT2D eigenvalue weighted by atomic mass is 79.9. The molecule has 0 aromatic heterocycles. The molecule has 19 heavy (non-hydrogen) atoms. The number of carbonyl (C=O) groups is 1. The van der Waals surface area contributed by atoms with Crippen LogP contribution in [0.5, 0.6) is 0 Å². The van der Waals surface area contributed by atoms with Crippen molar-refractivity contribution in [3.05, 3.63) is 28.2 Å². The van der Waals surface area contributed by atoms with Gasteiger partial charge in [-0.25, -0.2) is 0 Å². The molecule has 1 aliphatic rings. The van der Waals surface area contributed by atoms with Crippen LogP contribution in [0.3, 0.4) is 0 Å². The lowest BCUT2D eigenvalue weighted by atomic mass is 10.1. The standard InChI is InChI=1S/C14H20BrN3O/c1-10-3-4-11(9-12(10)15)18-8-2-7-17-14(19)13(18)5-6-16/h3-4,9,13H,2,5-8,16H2,1H3,(H,17,19). The lowest BCUT2D eigenvalue weighted by molar-refractivity contribution is -0.122. The number of nitrogens with one attached hydrogen (secondary N) is 1. The summed E-state index contributed by atoms with van der Waals surface area (Å²) in [6.07, 6.45) is 1.63. The van der Waals surface area contributed by atoms with Crippen molar-refractivity contribution in [1.82, 2.24) is 5.32 Å². The Bertz CT molecular complexity index is 464. The molecule has 0 aliphatic carbocycles. The summed E-state index contributed by atoms with van der Waals surface area (Å²) in [7, 11) is 0. The third-order valence-electron chi connectivity index (χ3n) is 3.48. The maximum absolute atomic E-state index is 12.1. The molecule has 4 nitrogen and oxygen atoms in total. The fourth-order valence-electron chi connectivity index (χ4n) is 2.39. The Morgan fingerprint density at radius 3 is 3.00 bits per heavy atom. The number of halogens is 1. The second-order valence-electron chi connectivity index (χ2n) is 4.86. The van der Waals surface area contributed by atoms with Gasteiger partial charge in [0, 0.05) is 23.2 Å². The van der Waals surface area contributed by atoms with E-state index in [4.69, 9.17) is 5.73 Å². The number of aryl methyl sites for hydroxylation is 1. The summed E-state index contributed by atoms with van der Waals surface area (Å²) in [6, 6.07) is 6.06. The molecule has 1 aliphatic heterocycles. The van der Waals surface area contributed by atoms with E-state index in [2.05, 4.69) is 51.3 Å². The van der Waals surface area contributed by atoms with Crippen molar-refractivity contribution in [2.75, 3.05) is 24.5 Å². The van der Waals surface area contributed by atoms with Gasteiger partial charge in [-0.2, -0.15) is 0 Å². The van der Waals surface area contributed by atoms with Crippen LogP contribution in [-0.4, -0.2) is 31.6 Å². The van der Waals surface area contributed by atoms with E-state index < -0.39 is 0 Å². The predicted molar refractivity (Wildman–Crippen MR) is 81.3 cm³/mol. The molecule has 1 unspecified atom stereocenters. The van der Waals surface area contributed by atoms with Crippen LogP contribution in [0.4, 0.5) is 5.69 Å². The maximum Gasteiger partial charge on any atom is 0.242 e. The van der Waals surface area contributed by atoms with Crippen LogP contribution in [0.25, 0.3) is 0 Å². The Kier molecular flexibility index (Phi) is 4.82. The topological polar surface area (TPSA) is 58.4 Å². The van der Waals surface area contributed by atoms with E-state index in [0.29, 0.717) is 13.0 Å². The molecule has 0 radical (unpaired) electrons. The van der Waals surface area contributed by atoms with Crippen molar-refractivity contribution >= 4 is 27.5 Å². The van der Waals surface area contributed by atoms with E-state index in [-0.39, 0.29) is 11.9 Å². The lowest BCUT2D eigenvalue weighted by Crippen LogP contribution is -2.45. The number of benzene rings is 1. The van der Waals surface area contributed by atoms with Crippen molar-refractivity contribution in [3.8, 4) is 0 Å². The molecule has 1 aromatic carbocycles. The van der Waals surface area contributed by atoms with E-state index in [9.17, 15) is 4.79 Å². The number of rotatable bonds is 3. The van der Waals surface area contributed by atoms with Gasteiger partial charge in [-0.05, 0) is 44.0 Å². The molecule has 104 valence electrons. The van der Waals surface area contributed by atoms with E-state index >= 15 is 0 Å².